The van der Waals surface area contributed by atoms with Gasteiger partial charge in [0.15, 0.2) is 5.78 Å². The van der Waals surface area contributed by atoms with Crippen LogP contribution in [0.4, 0.5) is 8.78 Å². The molecular formula is C17H11F2NO. The third-order valence-corrected chi connectivity index (χ3v) is 3.32. The molecule has 0 bridgehead atoms. The Balaban J connectivity index is 1.97. The zero-order valence-corrected chi connectivity index (χ0v) is 11.0. The van der Waals surface area contributed by atoms with Crippen LogP contribution in [0.5, 0.6) is 0 Å². The molecule has 3 aromatic rings. The van der Waals surface area contributed by atoms with Crippen LogP contribution in [0.25, 0.3) is 10.9 Å². The number of benzene rings is 2. The van der Waals surface area contributed by atoms with Gasteiger partial charge in [0.2, 0.25) is 0 Å². The molecule has 0 aliphatic carbocycles. The summed E-state index contributed by atoms with van der Waals surface area (Å²) in [7, 11) is 0. The van der Waals surface area contributed by atoms with Crippen molar-refractivity contribution in [2.24, 2.45) is 0 Å². The van der Waals surface area contributed by atoms with Crippen LogP contribution < -0.4 is 0 Å². The Hall–Kier alpha value is -2.62. The number of fused-ring (bicyclic) bond motifs is 1. The molecule has 0 fully saturated rings. The lowest BCUT2D eigenvalue weighted by Gasteiger charge is -2.06. The number of para-hydroxylation sites is 1. The van der Waals surface area contributed by atoms with Gasteiger partial charge in [-0.1, -0.05) is 18.2 Å². The Bertz CT molecular complexity index is 825. The molecule has 0 amide bonds. The van der Waals surface area contributed by atoms with Gasteiger partial charge < -0.3 is 0 Å². The second-order valence-corrected chi connectivity index (χ2v) is 4.71. The number of ketones is 1. The topological polar surface area (TPSA) is 30.0 Å². The van der Waals surface area contributed by atoms with E-state index in [-0.39, 0.29) is 17.8 Å². The monoisotopic (exact) mass is 283 g/mol. The molecule has 0 saturated heterocycles. The summed E-state index contributed by atoms with van der Waals surface area (Å²) in [5.41, 5.74) is 1.45. The molecule has 2 nitrogen and oxygen atoms in total. The molecule has 2 aromatic carbocycles. The molecule has 3 rings (SSSR count). The first-order chi connectivity index (χ1) is 10.1. The van der Waals surface area contributed by atoms with Crippen molar-refractivity contribution in [1.82, 2.24) is 4.98 Å². The summed E-state index contributed by atoms with van der Waals surface area (Å²) >= 11 is 0. The van der Waals surface area contributed by atoms with Crippen molar-refractivity contribution in [2.45, 2.75) is 6.42 Å². The van der Waals surface area contributed by atoms with Gasteiger partial charge in [0, 0.05) is 24.1 Å². The molecule has 0 atom stereocenters. The predicted molar refractivity (Wildman–Crippen MR) is 76.1 cm³/mol. The van der Waals surface area contributed by atoms with Gasteiger partial charge in [0.05, 0.1) is 11.1 Å². The molecule has 104 valence electrons. The number of hydrogen-bond acceptors (Lipinski definition) is 2. The highest BCUT2D eigenvalue weighted by atomic mass is 19.1. The summed E-state index contributed by atoms with van der Waals surface area (Å²) in [5.74, 6) is -1.92. The fourth-order valence-corrected chi connectivity index (χ4v) is 2.29. The number of halogens is 2. The molecule has 0 aliphatic rings. The molecule has 1 aromatic heterocycles. The number of carbonyl (C=O) groups is 1. The van der Waals surface area contributed by atoms with Crippen LogP contribution in [-0.4, -0.2) is 10.8 Å². The Labute approximate surface area is 120 Å². The smallest absolute Gasteiger partial charge is 0.170 e. The lowest BCUT2D eigenvalue weighted by molar-refractivity contribution is 0.0989. The number of Topliss-reactive ketones (excluding diaryl/α,β-unsaturated/α-hetero) is 1. The normalized spacial score (nSPS) is 10.8. The average Bonchev–Trinajstić information content (AvgIpc) is 2.47. The van der Waals surface area contributed by atoms with Gasteiger partial charge in [0.25, 0.3) is 0 Å². The average molecular weight is 283 g/mol. The van der Waals surface area contributed by atoms with E-state index in [1.54, 1.807) is 12.3 Å². The fraction of sp³-hybridized carbons (Fsp3) is 0.0588. The van der Waals surface area contributed by atoms with Gasteiger partial charge in [-0.2, -0.15) is 0 Å². The summed E-state index contributed by atoms with van der Waals surface area (Å²) in [6.45, 7) is 0. The van der Waals surface area contributed by atoms with E-state index in [1.165, 1.54) is 6.07 Å². The number of hydrogen-bond donors (Lipinski definition) is 0. The molecule has 0 N–H and O–H groups in total. The summed E-state index contributed by atoms with van der Waals surface area (Å²) in [6.07, 6.45) is 1.66. The molecule has 21 heavy (non-hydrogen) atoms. The highest BCUT2D eigenvalue weighted by Crippen LogP contribution is 2.19. The largest absolute Gasteiger partial charge is 0.294 e. The third kappa shape index (κ3) is 2.65. The number of pyridine rings is 1. The van der Waals surface area contributed by atoms with Crippen LogP contribution in [0.3, 0.4) is 0 Å². The lowest BCUT2D eigenvalue weighted by atomic mass is 10.00. The molecule has 0 aliphatic heterocycles. The van der Waals surface area contributed by atoms with Gasteiger partial charge in [-0.15, -0.1) is 0 Å². The Morgan fingerprint density at radius 1 is 1.05 bits per heavy atom. The van der Waals surface area contributed by atoms with Gasteiger partial charge in [0.1, 0.15) is 11.6 Å². The molecular weight excluding hydrogens is 272 g/mol. The van der Waals surface area contributed by atoms with Crippen LogP contribution in [0.1, 0.15) is 15.9 Å². The van der Waals surface area contributed by atoms with Gasteiger partial charge in [-0.05, 0) is 29.8 Å². The summed E-state index contributed by atoms with van der Waals surface area (Å²) in [6, 6.07) is 12.2. The van der Waals surface area contributed by atoms with E-state index >= 15 is 0 Å². The van der Waals surface area contributed by atoms with E-state index < -0.39 is 11.6 Å². The highest BCUT2D eigenvalue weighted by Gasteiger charge is 2.14. The van der Waals surface area contributed by atoms with Gasteiger partial charge in [-0.25, -0.2) is 8.78 Å². The molecule has 0 spiro atoms. The molecule has 0 unspecified atom stereocenters. The maximum Gasteiger partial charge on any atom is 0.170 e. The summed E-state index contributed by atoms with van der Waals surface area (Å²) in [4.78, 5) is 16.4. The van der Waals surface area contributed by atoms with Gasteiger partial charge in [-0.3, -0.25) is 9.78 Å². The standard InChI is InChI=1S/C17H11F2NO/c18-12-5-6-14(15(19)10-12)17(21)9-11-7-8-20-16-4-2-1-3-13(11)16/h1-8,10H,9H2. The number of carbonyl (C=O) groups excluding carboxylic acids is 1. The minimum Gasteiger partial charge on any atom is -0.294 e. The summed E-state index contributed by atoms with van der Waals surface area (Å²) in [5, 5.41) is 0.857. The number of rotatable bonds is 3. The minimum absolute atomic E-state index is 0.0472. The van der Waals surface area contributed by atoms with E-state index in [9.17, 15) is 13.6 Å². The van der Waals surface area contributed by atoms with Crippen molar-refractivity contribution in [2.75, 3.05) is 0 Å². The van der Waals surface area contributed by atoms with E-state index in [1.807, 2.05) is 24.3 Å². The first kappa shape index (κ1) is 13.4. The first-order valence-corrected chi connectivity index (χ1v) is 6.46. The Morgan fingerprint density at radius 3 is 2.67 bits per heavy atom. The Morgan fingerprint density at radius 2 is 1.86 bits per heavy atom. The van der Waals surface area contributed by atoms with Crippen molar-refractivity contribution in [3.05, 3.63) is 77.5 Å². The maximum absolute atomic E-state index is 13.6. The maximum atomic E-state index is 13.6. The Kier molecular flexibility index (Phi) is 3.44. The van der Waals surface area contributed by atoms with Crippen LogP contribution in [-0.2, 0) is 6.42 Å². The van der Waals surface area contributed by atoms with Crippen LogP contribution in [0.15, 0.2) is 54.7 Å². The number of aromatic nitrogens is 1. The second-order valence-electron chi connectivity index (χ2n) is 4.71. The number of nitrogens with zero attached hydrogens (tertiary/aromatic N) is 1. The van der Waals surface area contributed by atoms with E-state index in [0.717, 1.165) is 28.6 Å². The van der Waals surface area contributed by atoms with Gasteiger partial charge >= 0.3 is 0 Å². The van der Waals surface area contributed by atoms with E-state index in [0.29, 0.717) is 0 Å². The molecule has 4 heteroatoms. The zero-order chi connectivity index (χ0) is 14.8. The predicted octanol–water partition coefficient (Wildman–Crippen LogP) is 3.94. The van der Waals surface area contributed by atoms with Crippen molar-refractivity contribution >= 4 is 16.7 Å². The van der Waals surface area contributed by atoms with Crippen molar-refractivity contribution in [1.29, 1.82) is 0 Å². The zero-order valence-electron chi connectivity index (χ0n) is 11.0. The van der Waals surface area contributed by atoms with Crippen molar-refractivity contribution < 1.29 is 13.6 Å². The quantitative estimate of drug-likeness (QED) is 0.681. The highest BCUT2D eigenvalue weighted by molar-refractivity contribution is 5.99. The fourth-order valence-electron chi connectivity index (χ4n) is 2.29. The van der Waals surface area contributed by atoms with E-state index in [2.05, 4.69) is 4.98 Å². The third-order valence-electron chi connectivity index (χ3n) is 3.32. The minimum atomic E-state index is -0.835. The molecule has 0 saturated carbocycles. The lowest BCUT2D eigenvalue weighted by Crippen LogP contribution is -2.07. The van der Waals surface area contributed by atoms with Crippen molar-refractivity contribution in [3.8, 4) is 0 Å². The second kappa shape index (κ2) is 5.40. The molecule has 1 heterocycles. The summed E-state index contributed by atoms with van der Waals surface area (Å²) < 4.78 is 26.5. The van der Waals surface area contributed by atoms with Crippen LogP contribution >= 0.6 is 0 Å². The van der Waals surface area contributed by atoms with Crippen LogP contribution in [0.2, 0.25) is 0 Å². The van der Waals surface area contributed by atoms with E-state index in [4.69, 9.17) is 0 Å². The van der Waals surface area contributed by atoms with Crippen LogP contribution in [0, 0.1) is 11.6 Å². The molecule has 0 radical (unpaired) electrons. The first-order valence-electron chi connectivity index (χ1n) is 6.46. The van der Waals surface area contributed by atoms with Crippen molar-refractivity contribution in [3.63, 3.8) is 0 Å². The SMILES string of the molecule is O=C(Cc1ccnc2ccccc12)c1ccc(F)cc1F.